The van der Waals surface area contributed by atoms with Gasteiger partial charge in [-0.3, -0.25) is 0 Å². The van der Waals surface area contributed by atoms with Gasteiger partial charge >= 0.3 is 0 Å². The molecule has 24 heavy (non-hydrogen) atoms. The Bertz CT molecular complexity index is 665. The van der Waals surface area contributed by atoms with Crippen LogP contribution in [0, 0.1) is 11.7 Å². The second-order valence-corrected chi connectivity index (χ2v) is 7.26. The number of hydrogen-bond acceptors (Lipinski definition) is 0. The Hall–Kier alpha value is -1.63. The van der Waals surface area contributed by atoms with Crippen molar-refractivity contribution in [3.05, 3.63) is 59.4 Å². The SMILES string of the molecule is CCC[C@H]1CC[C@H](c2ccccc2-c2ccc(CC)cc2F)CC1. The van der Waals surface area contributed by atoms with Crippen molar-refractivity contribution in [1.29, 1.82) is 0 Å². The topological polar surface area (TPSA) is 0 Å². The molecule has 0 nitrogen and oxygen atoms in total. The van der Waals surface area contributed by atoms with Gasteiger partial charge in [-0.05, 0) is 66.7 Å². The molecule has 0 aromatic heterocycles. The van der Waals surface area contributed by atoms with E-state index in [0.29, 0.717) is 5.92 Å². The van der Waals surface area contributed by atoms with Gasteiger partial charge in [0.05, 0.1) is 0 Å². The molecule has 128 valence electrons. The molecule has 2 aromatic rings. The fourth-order valence-electron chi connectivity index (χ4n) is 4.27. The van der Waals surface area contributed by atoms with Crippen LogP contribution in [0.3, 0.4) is 0 Å². The molecule has 1 fully saturated rings. The molecule has 0 unspecified atom stereocenters. The summed E-state index contributed by atoms with van der Waals surface area (Å²) in [5, 5.41) is 0. The molecule has 0 saturated heterocycles. The molecular formula is C23H29F. The summed E-state index contributed by atoms with van der Waals surface area (Å²) in [4.78, 5) is 0. The van der Waals surface area contributed by atoms with Gasteiger partial charge in [-0.25, -0.2) is 4.39 Å². The fourth-order valence-corrected chi connectivity index (χ4v) is 4.27. The lowest BCUT2D eigenvalue weighted by Gasteiger charge is -2.30. The summed E-state index contributed by atoms with van der Waals surface area (Å²) >= 11 is 0. The molecule has 2 aromatic carbocycles. The fraction of sp³-hybridized carbons (Fsp3) is 0.478. The zero-order chi connectivity index (χ0) is 16.9. The van der Waals surface area contributed by atoms with Crippen LogP contribution in [-0.4, -0.2) is 0 Å². The standard InChI is InChI=1S/C23H29F/c1-3-7-18-10-13-19(14-11-18)20-8-5-6-9-21(20)22-15-12-17(4-2)16-23(22)24/h5-6,8-9,12,15-16,18-19H,3-4,7,10-11,13-14H2,1-2H3/t18-,19-. The first-order chi connectivity index (χ1) is 11.7. The van der Waals surface area contributed by atoms with E-state index in [1.165, 1.54) is 44.1 Å². The first kappa shape index (κ1) is 17.2. The number of rotatable bonds is 5. The van der Waals surface area contributed by atoms with Crippen LogP contribution in [0.2, 0.25) is 0 Å². The number of benzene rings is 2. The Morgan fingerprint density at radius 1 is 0.917 bits per heavy atom. The van der Waals surface area contributed by atoms with E-state index in [9.17, 15) is 4.39 Å². The molecular weight excluding hydrogens is 295 g/mol. The van der Waals surface area contributed by atoms with Gasteiger partial charge in [-0.1, -0.05) is 63.1 Å². The van der Waals surface area contributed by atoms with Gasteiger partial charge in [-0.2, -0.15) is 0 Å². The maximum absolute atomic E-state index is 14.6. The second-order valence-electron chi connectivity index (χ2n) is 7.26. The lowest BCUT2D eigenvalue weighted by Crippen LogP contribution is -2.14. The van der Waals surface area contributed by atoms with Crippen LogP contribution in [0.15, 0.2) is 42.5 Å². The van der Waals surface area contributed by atoms with Crippen molar-refractivity contribution in [2.24, 2.45) is 5.92 Å². The molecule has 1 saturated carbocycles. The Morgan fingerprint density at radius 2 is 1.67 bits per heavy atom. The quantitative estimate of drug-likeness (QED) is 0.549. The number of halogens is 1. The molecule has 0 amide bonds. The third kappa shape index (κ3) is 3.71. The van der Waals surface area contributed by atoms with E-state index in [1.807, 2.05) is 12.1 Å². The molecule has 0 aliphatic heterocycles. The minimum absolute atomic E-state index is 0.0820. The van der Waals surface area contributed by atoms with Crippen molar-refractivity contribution in [2.45, 2.75) is 64.7 Å². The highest BCUT2D eigenvalue weighted by atomic mass is 19.1. The highest BCUT2D eigenvalue weighted by Crippen LogP contribution is 2.41. The molecule has 1 aliphatic rings. The van der Waals surface area contributed by atoms with E-state index in [-0.39, 0.29) is 5.82 Å². The van der Waals surface area contributed by atoms with Gasteiger partial charge in [0.1, 0.15) is 5.82 Å². The molecule has 0 N–H and O–H groups in total. The summed E-state index contributed by atoms with van der Waals surface area (Å²) < 4.78 is 14.6. The number of aryl methyl sites for hydroxylation is 1. The van der Waals surface area contributed by atoms with Crippen LogP contribution in [0.1, 0.15) is 69.4 Å². The summed E-state index contributed by atoms with van der Waals surface area (Å²) in [5.41, 5.74) is 4.26. The van der Waals surface area contributed by atoms with E-state index >= 15 is 0 Å². The minimum atomic E-state index is -0.0820. The van der Waals surface area contributed by atoms with Crippen molar-refractivity contribution >= 4 is 0 Å². The van der Waals surface area contributed by atoms with E-state index in [4.69, 9.17) is 0 Å². The lowest BCUT2D eigenvalue weighted by molar-refractivity contribution is 0.308. The smallest absolute Gasteiger partial charge is 0.131 e. The Balaban J connectivity index is 1.86. The average Bonchev–Trinajstić information content (AvgIpc) is 2.63. The van der Waals surface area contributed by atoms with Gasteiger partial charge in [0.25, 0.3) is 0 Å². The van der Waals surface area contributed by atoms with Crippen molar-refractivity contribution in [2.75, 3.05) is 0 Å². The highest BCUT2D eigenvalue weighted by molar-refractivity contribution is 5.69. The third-order valence-corrected chi connectivity index (χ3v) is 5.68. The maximum atomic E-state index is 14.6. The summed E-state index contributed by atoms with van der Waals surface area (Å²) in [5.74, 6) is 1.40. The lowest BCUT2D eigenvalue weighted by atomic mass is 9.75. The van der Waals surface area contributed by atoms with Gasteiger partial charge in [0, 0.05) is 5.56 Å². The van der Waals surface area contributed by atoms with Crippen molar-refractivity contribution in [3.63, 3.8) is 0 Å². The van der Waals surface area contributed by atoms with Crippen LogP contribution in [0.5, 0.6) is 0 Å². The van der Waals surface area contributed by atoms with Crippen LogP contribution in [0.25, 0.3) is 11.1 Å². The summed E-state index contributed by atoms with van der Waals surface area (Å²) in [6.07, 6.45) is 8.67. The predicted octanol–water partition coefficient (Wildman–Crippen LogP) is 7.13. The zero-order valence-corrected chi connectivity index (χ0v) is 15.0. The first-order valence-corrected chi connectivity index (χ1v) is 9.60. The zero-order valence-electron chi connectivity index (χ0n) is 15.0. The van der Waals surface area contributed by atoms with Gasteiger partial charge in [-0.15, -0.1) is 0 Å². The molecule has 3 rings (SSSR count). The maximum Gasteiger partial charge on any atom is 0.131 e. The van der Waals surface area contributed by atoms with Gasteiger partial charge in [0.15, 0.2) is 0 Å². The van der Waals surface area contributed by atoms with Crippen molar-refractivity contribution in [1.82, 2.24) is 0 Å². The Labute approximate surface area is 146 Å². The monoisotopic (exact) mass is 324 g/mol. The molecule has 0 heterocycles. The Morgan fingerprint density at radius 3 is 2.33 bits per heavy atom. The second kappa shape index (κ2) is 7.96. The predicted molar refractivity (Wildman–Crippen MR) is 101 cm³/mol. The minimum Gasteiger partial charge on any atom is -0.206 e. The normalized spacial score (nSPS) is 21.0. The van der Waals surface area contributed by atoms with Crippen LogP contribution >= 0.6 is 0 Å². The van der Waals surface area contributed by atoms with Crippen LogP contribution in [0.4, 0.5) is 4.39 Å². The first-order valence-electron chi connectivity index (χ1n) is 9.60. The van der Waals surface area contributed by atoms with E-state index < -0.39 is 0 Å². The largest absolute Gasteiger partial charge is 0.206 e. The van der Waals surface area contributed by atoms with Gasteiger partial charge < -0.3 is 0 Å². The summed E-state index contributed by atoms with van der Waals surface area (Å²) in [7, 11) is 0. The van der Waals surface area contributed by atoms with Crippen molar-refractivity contribution < 1.29 is 4.39 Å². The van der Waals surface area contributed by atoms with Gasteiger partial charge in [0.2, 0.25) is 0 Å². The van der Waals surface area contributed by atoms with E-state index in [2.05, 4.69) is 38.1 Å². The molecule has 0 atom stereocenters. The molecule has 0 spiro atoms. The van der Waals surface area contributed by atoms with Crippen molar-refractivity contribution in [3.8, 4) is 11.1 Å². The summed E-state index contributed by atoms with van der Waals surface area (Å²) in [6, 6.07) is 14.2. The Kier molecular flexibility index (Phi) is 5.71. The average molecular weight is 324 g/mol. The van der Waals surface area contributed by atoms with Crippen LogP contribution in [-0.2, 0) is 6.42 Å². The summed E-state index contributed by atoms with van der Waals surface area (Å²) in [6.45, 7) is 4.35. The van der Waals surface area contributed by atoms with E-state index in [1.54, 1.807) is 6.07 Å². The third-order valence-electron chi connectivity index (χ3n) is 5.68. The highest BCUT2D eigenvalue weighted by Gasteiger charge is 2.24. The molecule has 0 bridgehead atoms. The van der Waals surface area contributed by atoms with Crippen LogP contribution < -0.4 is 0 Å². The molecule has 1 aliphatic carbocycles. The molecule has 0 radical (unpaired) electrons. The number of hydrogen-bond donors (Lipinski definition) is 0. The van der Waals surface area contributed by atoms with E-state index in [0.717, 1.165) is 29.0 Å². The molecule has 1 heteroatoms.